The molecule has 0 aliphatic carbocycles. The van der Waals surface area contributed by atoms with Crippen LogP contribution < -0.4 is 0 Å². The van der Waals surface area contributed by atoms with E-state index < -0.39 is 0 Å². The molecule has 0 saturated carbocycles. The van der Waals surface area contributed by atoms with Crippen LogP contribution in [0.15, 0.2) is 16.6 Å². The molecule has 2 rings (SSSR count). The monoisotopic (exact) mass is 182 g/mol. The lowest BCUT2D eigenvalue weighted by Gasteiger charge is -2.18. The Morgan fingerprint density at radius 3 is 3.08 bits per heavy atom. The first-order chi connectivity index (χ1) is 5.88. The van der Waals surface area contributed by atoms with E-state index in [1.807, 2.05) is 5.41 Å². The van der Waals surface area contributed by atoms with E-state index >= 15 is 0 Å². The first-order valence-corrected chi connectivity index (χ1v) is 5.06. The number of carbonyl (C=O) groups is 1. The van der Waals surface area contributed by atoms with Gasteiger partial charge in [-0.05, 0) is 11.8 Å². The van der Waals surface area contributed by atoms with Gasteiger partial charge in [0.15, 0.2) is 0 Å². The minimum atomic E-state index is 0.227. The van der Waals surface area contributed by atoms with E-state index in [1.165, 1.54) is 0 Å². The molecule has 2 aliphatic heterocycles. The van der Waals surface area contributed by atoms with E-state index in [1.54, 1.807) is 22.9 Å². The highest BCUT2D eigenvalue weighted by Gasteiger charge is 2.24. The Morgan fingerprint density at radius 2 is 2.50 bits per heavy atom. The summed E-state index contributed by atoms with van der Waals surface area (Å²) in [4.78, 5) is 17.3. The number of thioether (sulfide) groups is 1. The highest BCUT2D eigenvalue weighted by Crippen LogP contribution is 2.16. The van der Waals surface area contributed by atoms with Crippen LogP contribution in [0.3, 0.4) is 0 Å². The van der Waals surface area contributed by atoms with E-state index in [2.05, 4.69) is 4.99 Å². The topological polar surface area (TPSA) is 32.7 Å². The van der Waals surface area contributed by atoms with Crippen molar-refractivity contribution in [1.82, 2.24) is 4.90 Å². The van der Waals surface area contributed by atoms with Gasteiger partial charge in [0.05, 0.1) is 5.75 Å². The van der Waals surface area contributed by atoms with Gasteiger partial charge >= 0.3 is 0 Å². The quantitative estimate of drug-likeness (QED) is 0.564. The molecule has 1 saturated heterocycles. The average Bonchev–Trinajstić information content (AvgIpc) is 2.53. The van der Waals surface area contributed by atoms with Crippen LogP contribution >= 0.6 is 11.8 Å². The third-order valence-corrected chi connectivity index (χ3v) is 2.72. The molecule has 3 nitrogen and oxygen atoms in total. The largest absolute Gasteiger partial charge is 0.300 e. The van der Waals surface area contributed by atoms with Gasteiger partial charge in [0.25, 0.3) is 0 Å². The Hall–Kier alpha value is -0.770. The van der Waals surface area contributed by atoms with Crippen LogP contribution in [0.4, 0.5) is 0 Å². The molecular weight excluding hydrogens is 172 g/mol. The maximum atomic E-state index is 11.3. The summed E-state index contributed by atoms with van der Waals surface area (Å²) in [5, 5.41) is 1.95. The van der Waals surface area contributed by atoms with Crippen LogP contribution in [-0.4, -0.2) is 28.9 Å². The third kappa shape index (κ3) is 1.39. The zero-order chi connectivity index (χ0) is 8.39. The van der Waals surface area contributed by atoms with Gasteiger partial charge in [-0.2, -0.15) is 0 Å². The fraction of sp³-hybridized carbons (Fsp3) is 0.500. The lowest BCUT2D eigenvalue weighted by Crippen LogP contribution is -2.33. The van der Waals surface area contributed by atoms with E-state index in [0.717, 1.165) is 24.6 Å². The van der Waals surface area contributed by atoms with Crippen molar-refractivity contribution in [2.75, 3.05) is 12.3 Å². The molecule has 0 radical (unpaired) electrons. The second kappa shape index (κ2) is 3.31. The highest BCUT2D eigenvalue weighted by atomic mass is 32.2. The lowest BCUT2D eigenvalue weighted by molar-refractivity contribution is -0.124. The van der Waals surface area contributed by atoms with Crippen molar-refractivity contribution < 1.29 is 4.79 Å². The predicted molar refractivity (Wildman–Crippen MR) is 50.0 cm³/mol. The number of nitrogens with zero attached hydrogens (tertiary/aromatic N) is 2. The van der Waals surface area contributed by atoms with Gasteiger partial charge in [-0.1, -0.05) is 0 Å². The molecule has 4 heteroatoms. The van der Waals surface area contributed by atoms with Gasteiger partial charge in [0.1, 0.15) is 5.84 Å². The number of amides is 1. The maximum Gasteiger partial charge on any atom is 0.227 e. The van der Waals surface area contributed by atoms with Gasteiger partial charge in [0, 0.05) is 19.2 Å². The van der Waals surface area contributed by atoms with Gasteiger partial charge in [-0.3, -0.25) is 9.69 Å². The summed E-state index contributed by atoms with van der Waals surface area (Å²) >= 11 is 1.69. The van der Waals surface area contributed by atoms with Crippen molar-refractivity contribution in [1.29, 1.82) is 0 Å². The van der Waals surface area contributed by atoms with Crippen molar-refractivity contribution in [3.8, 4) is 0 Å². The first-order valence-electron chi connectivity index (χ1n) is 4.01. The zero-order valence-corrected chi connectivity index (χ0v) is 7.51. The summed E-state index contributed by atoms with van der Waals surface area (Å²) in [6.07, 6.45) is 3.43. The second-order valence-electron chi connectivity index (χ2n) is 2.79. The smallest absolute Gasteiger partial charge is 0.227 e. The first kappa shape index (κ1) is 7.86. The van der Waals surface area contributed by atoms with Gasteiger partial charge in [-0.25, -0.2) is 4.99 Å². The van der Waals surface area contributed by atoms with Crippen LogP contribution in [0.25, 0.3) is 0 Å². The van der Waals surface area contributed by atoms with E-state index in [4.69, 9.17) is 0 Å². The SMILES string of the molecule is O=C1CCCN1C1=NC=CSC1. The molecule has 0 aromatic carbocycles. The van der Waals surface area contributed by atoms with Crippen LogP contribution in [0.2, 0.25) is 0 Å². The molecule has 12 heavy (non-hydrogen) atoms. The molecular formula is C8H10N2OS. The predicted octanol–water partition coefficient (Wildman–Crippen LogP) is 1.23. The summed E-state index contributed by atoms with van der Waals surface area (Å²) in [7, 11) is 0. The van der Waals surface area contributed by atoms with Crippen molar-refractivity contribution in [2.24, 2.45) is 4.99 Å². The number of hydrogen-bond donors (Lipinski definition) is 0. The molecule has 1 amide bonds. The number of carbonyl (C=O) groups excluding carboxylic acids is 1. The highest BCUT2D eigenvalue weighted by molar-refractivity contribution is 8.02. The maximum absolute atomic E-state index is 11.3. The van der Waals surface area contributed by atoms with Crippen LogP contribution in [-0.2, 0) is 4.79 Å². The number of likely N-dealkylation sites (tertiary alicyclic amines) is 1. The summed E-state index contributed by atoms with van der Waals surface area (Å²) in [5.74, 6) is 1.98. The Morgan fingerprint density at radius 1 is 1.58 bits per heavy atom. The van der Waals surface area contributed by atoms with Gasteiger partial charge in [0.2, 0.25) is 5.91 Å². The standard InChI is InChI=1S/C8H10N2OS/c11-8-2-1-4-10(8)7-6-12-5-3-9-7/h3,5H,1-2,4,6H2. The fourth-order valence-corrected chi connectivity index (χ4v) is 2.01. The Labute approximate surface area is 75.5 Å². The molecule has 0 aromatic rings. The molecule has 0 N–H and O–H groups in total. The Kier molecular flexibility index (Phi) is 2.17. The van der Waals surface area contributed by atoms with Gasteiger partial charge < -0.3 is 0 Å². The zero-order valence-electron chi connectivity index (χ0n) is 6.69. The summed E-state index contributed by atoms with van der Waals surface area (Å²) in [6, 6.07) is 0. The second-order valence-corrected chi connectivity index (χ2v) is 3.68. The van der Waals surface area contributed by atoms with Crippen LogP contribution in [0.1, 0.15) is 12.8 Å². The van der Waals surface area contributed by atoms with Crippen molar-refractivity contribution in [3.05, 3.63) is 11.6 Å². The molecule has 2 heterocycles. The molecule has 0 unspecified atom stereocenters. The van der Waals surface area contributed by atoms with Crippen molar-refractivity contribution in [2.45, 2.75) is 12.8 Å². The van der Waals surface area contributed by atoms with Crippen molar-refractivity contribution >= 4 is 23.5 Å². The lowest BCUT2D eigenvalue weighted by atomic mass is 10.4. The molecule has 0 atom stereocenters. The van der Waals surface area contributed by atoms with Crippen LogP contribution in [0.5, 0.6) is 0 Å². The van der Waals surface area contributed by atoms with Crippen molar-refractivity contribution in [3.63, 3.8) is 0 Å². The van der Waals surface area contributed by atoms with E-state index in [0.29, 0.717) is 6.42 Å². The molecule has 0 bridgehead atoms. The summed E-state index contributed by atoms with van der Waals surface area (Å²) in [5.41, 5.74) is 0. The molecule has 0 aromatic heterocycles. The Balaban J connectivity index is 2.12. The summed E-state index contributed by atoms with van der Waals surface area (Å²) in [6.45, 7) is 0.853. The molecule has 64 valence electrons. The summed E-state index contributed by atoms with van der Waals surface area (Å²) < 4.78 is 0. The normalized spacial score (nSPS) is 23.2. The molecule has 2 aliphatic rings. The molecule has 0 spiro atoms. The third-order valence-electron chi connectivity index (χ3n) is 1.98. The minimum Gasteiger partial charge on any atom is -0.300 e. The van der Waals surface area contributed by atoms with Crippen LogP contribution in [0, 0.1) is 0 Å². The van der Waals surface area contributed by atoms with Gasteiger partial charge in [-0.15, -0.1) is 11.8 Å². The number of rotatable bonds is 0. The number of amidine groups is 1. The minimum absolute atomic E-state index is 0.227. The molecule has 1 fully saturated rings. The number of aliphatic imine (C=N–C) groups is 1. The number of hydrogen-bond acceptors (Lipinski definition) is 3. The van der Waals surface area contributed by atoms with E-state index in [-0.39, 0.29) is 5.91 Å². The average molecular weight is 182 g/mol. The Bertz CT molecular complexity index is 260. The fourth-order valence-electron chi connectivity index (χ4n) is 1.39. The van der Waals surface area contributed by atoms with E-state index in [9.17, 15) is 4.79 Å².